The van der Waals surface area contributed by atoms with Crippen molar-refractivity contribution in [2.45, 2.75) is 12.5 Å². The summed E-state index contributed by atoms with van der Waals surface area (Å²) in [6.45, 7) is 0. The van der Waals surface area contributed by atoms with E-state index >= 15 is 0 Å². The smallest absolute Gasteiger partial charge is 0.322 e. The maximum atomic E-state index is 13.2. The molecule has 0 amide bonds. The van der Waals surface area contributed by atoms with E-state index in [1.807, 2.05) is 0 Å². The van der Waals surface area contributed by atoms with Gasteiger partial charge in [0, 0.05) is 12.0 Å². The number of halogens is 3. The van der Waals surface area contributed by atoms with Crippen LogP contribution in [0.3, 0.4) is 0 Å². The molecule has 0 aliphatic rings. The van der Waals surface area contributed by atoms with Gasteiger partial charge in [-0.1, -0.05) is 0 Å². The van der Waals surface area contributed by atoms with Crippen molar-refractivity contribution in [1.82, 2.24) is 0 Å². The molecular formula is C10H10F3NO2. The minimum Gasteiger partial charge on any atom is -0.468 e. The summed E-state index contributed by atoms with van der Waals surface area (Å²) in [7, 11) is 1.10. The number of carbonyl (C=O) groups excluding carboxylic acids is 1. The minimum absolute atomic E-state index is 0.456. The summed E-state index contributed by atoms with van der Waals surface area (Å²) in [4.78, 5) is 10.9. The van der Waals surface area contributed by atoms with Crippen LogP contribution < -0.4 is 5.73 Å². The fourth-order valence-electron chi connectivity index (χ4n) is 1.21. The molecule has 0 spiro atoms. The van der Waals surface area contributed by atoms with Crippen LogP contribution in [0.2, 0.25) is 0 Å². The summed E-state index contributed by atoms with van der Waals surface area (Å²) in [6, 6.07) is 0.214. The second kappa shape index (κ2) is 4.98. The summed E-state index contributed by atoms with van der Waals surface area (Å²) in [5.74, 6) is -4.28. The monoisotopic (exact) mass is 233 g/mol. The van der Waals surface area contributed by atoms with E-state index in [-0.39, 0.29) is 0 Å². The van der Waals surface area contributed by atoms with Crippen molar-refractivity contribution in [2.75, 3.05) is 7.11 Å². The molecule has 0 saturated heterocycles. The summed E-state index contributed by atoms with van der Waals surface area (Å²) in [5, 5.41) is 0. The number of esters is 1. The van der Waals surface area contributed by atoms with Crippen LogP contribution in [-0.4, -0.2) is 19.1 Å². The molecule has 6 heteroatoms. The maximum Gasteiger partial charge on any atom is 0.322 e. The van der Waals surface area contributed by atoms with Gasteiger partial charge in [-0.25, -0.2) is 13.2 Å². The Morgan fingerprint density at radius 2 is 1.94 bits per heavy atom. The quantitative estimate of drug-likeness (QED) is 0.629. The van der Waals surface area contributed by atoms with Gasteiger partial charge in [0.1, 0.15) is 11.9 Å². The van der Waals surface area contributed by atoms with E-state index in [2.05, 4.69) is 4.74 Å². The summed E-state index contributed by atoms with van der Waals surface area (Å²) >= 11 is 0. The molecule has 0 bridgehead atoms. The molecular weight excluding hydrogens is 223 g/mol. The summed E-state index contributed by atoms with van der Waals surface area (Å²) < 4.78 is 43.4. The van der Waals surface area contributed by atoms with Gasteiger partial charge in [0.15, 0.2) is 11.6 Å². The van der Waals surface area contributed by atoms with Crippen LogP contribution >= 0.6 is 0 Å². The van der Waals surface area contributed by atoms with Crippen molar-refractivity contribution < 1.29 is 22.7 Å². The molecule has 88 valence electrons. The molecule has 0 unspecified atom stereocenters. The normalized spacial score (nSPS) is 12.3. The predicted molar refractivity (Wildman–Crippen MR) is 50.0 cm³/mol. The lowest BCUT2D eigenvalue weighted by Gasteiger charge is -2.10. The molecule has 1 aromatic carbocycles. The zero-order valence-corrected chi connectivity index (χ0v) is 8.47. The van der Waals surface area contributed by atoms with Crippen LogP contribution in [0.25, 0.3) is 0 Å². The van der Waals surface area contributed by atoms with Crippen LogP contribution in [0.5, 0.6) is 0 Å². The zero-order valence-electron chi connectivity index (χ0n) is 8.47. The fourth-order valence-corrected chi connectivity index (χ4v) is 1.21. The second-order valence-corrected chi connectivity index (χ2v) is 3.16. The van der Waals surface area contributed by atoms with Gasteiger partial charge in [-0.15, -0.1) is 0 Å². The highest BCUT2D eigenvalue weighted by Crippen LogP contribution is 2.17. The lowest BCUT2D eigenvalue weighted by Crippen LogP contribution is -2.34. The van der Waals surface area contributed by atoms with E-state index in [4.69, 9.17) is 5.73 Å². The summed E-state index contributed by atoms with van der Waals surface area (Å²) in [6.07, 6.45) is -0.456. The lowest BCUT2D eigenvalue weighted by molar-refractivity contribution is -0.142. The average Bonchev–Trinajstić information content (AvgIpc) is 2.28. The molecule has 16 heavy (non-hydrogen) atoms. The molecule has 0 saturated carbocycles. The highest BCUT2D eigenvalue weighted by molar-refractivity contribution is 5.75. The Morgan fingerprint density at radius 3 is 2.50 bits per heavy atom. The van der Waals surface area contributed by atoms with E-state index in [0.717, 1.165) is 13.2 Å². The Balaban J connectivity index is 2.97. The van der Waals surface area contributed by atoms with Gasteiger partial charge < -0.3 is 10.5 Å². The first-order valence-corrected chi connectivity index (χ1v) is 4.43. The van der Waals surface area contributed by atoms with E-state index in [9.17, 15) is 18.0 Å². The zero-order chi connectivity index (χ0) is 12.3. The van der Waals surface area contributed by atoms with Gasteiger partial charge in [0.25, 0.3) is 0 Å². The van der Waals surface area contributed by atoms with E-state index in [1.165, 1.54) is 0 Å². The van der Waals surface area contributed by atoms with Crippen LogP contribution in [-0.2, 0) is 16.0 Å². The highest BCUT2D eigenvalue weighted by atomic mass is 19.2. The SMILES string of the molecule is COC(=O)[C@H](N)Cc1c(F)ccc(F)c1F. The molecule has 1 rings (SSSR count). The first-order chi connectivity index (χ1) is 7.47. The van der Waals surface area contributed by atoms with Crippen LogP contribution in [0.4, 0.5) is 13.2 Å². The van der Waals surface area contributed by atoms with E-state index < -0.39 is 41.4 Å². The molecule has 0 aromatic heterocycles. The standard InChI is InChI=1S/C10H10F3NO2/c1-16-10(15)8(14)4-5-6(11)2-3-7(12)9(5)13/h2-3,8H,4,14H2,1H3/t8-/m1/s1. The average molecular weight is 233 g/mol. The van der Waals surface area contributed by atoms with Gasteiger partial charge in [0.05, 0.1) is 7.11 Å². The predicted octanol–water partition coefficient (Wildman–Crippen LogP) is 1.15. The Kier molecular flexibility index (Phi) is 3.89. The third-order valence-corrected chi connectivity index (χ3v) is 2.07. The molecule has 0 aliphatic carbocycles. The third kappa shape index (κ3) is 2.52. The van der Waals surface area contributed by atoms with Crippen molar-refractivity contribution in [3.05, 3.63) is 35.1 Å². The Hall–Kier alpha value is -1.56. The number of benzene rings is 1. The Bertz CT molecular complexity index is 409. The number of ether oxygens (including phenoxy) is 1. The minimum atomic E-state index is -1.33. The third-order valence-electron chi connectivity index (χ3n) is 2.07. The number of methoxy groups -OCH3 is 1. The van der Waals surface area contributed by atoms with Gasteiger partial charge >= 0.3 is 5.97 Å². The van der Waals surface area contributed by atoms with Crippen LogP contribution in [0.15, 0.2) is 12.1 Å². The number of hydrogen-bond acceptors (Lipinski definition) is 3. The topological polar surface area (TPSA) is 52.3 Å². The molecule has 0 radical (unpaired) electrons. The Morgan fingerprint density at radius 1 is 1.38 bits per heavy atom. The van der Waals surface area contributed by atoms with Crippen LogP contribution in [0, 0.1) is 17.5 Å². The molecule has 0 aliphatic heterocycles. The first-order valence-electron chi connectivity index (χ1n) is 4.43. The molecule has 0 heterocycles. The number of nitrogens with two attached hydrogens (primary N) is 1. The number of rotatable bonds is 3. The van der Waals surface area contributed by atoms with E-state index in [1.54, 1.807) is 0 Å². The number of hydrogen-bond donors (Lipinski definition) is 1. The lowest BCUT2D eigenvalue weighted by atomic mass is 10.1. The molecule has 1 aromatic rings. The van der Waals surface area contributed by atoms with Gasteiger partial charge in [-0.2, -0.15) is 0 Å². The second-order valence-electron chi connectivity index (χ2n) is 3.16. The van der Waals surface area contributed by atoms with E-state index in [0.29, 0.717) is 6.07 Å². The van der Waals surface area contributed by atoms with Gasteiger partial charge in [0.2, 0.25) is 0 Å². The van der Waals surface area contributed by atoms with Crippen molar-refractivity contribution >= 4 is 5.97 Å². The highest BCUT2D eigenvalue weighted by Gasteiger charge is 2.21. The van der Waals surface area contributed by atoms with Crippen molar-refractivity contribution in [2.24, 2.45) is 5.73 Å². The fraction of sp³-hybridized carbons (Fsp3) is 0.300. The van der Waals surface area contributed by atoms with Gasteiger partial charge in [-0.3, -0.25) is 4.79 Å². The molecule has 2 N–H and O–H groups in total. The van der Waals surface area contributed by atoms with Crippen molar-refractivity contribution in [3.8, 4) is 0 Å². The first kappa shape index (κ1) is 12.5. The largest absolute Gasteiger partial charge is 0.468 e. The maximum absolute atomic E-state index is 13.2. The van der Waals surface area contributed by atoms with Gasteiger partial charge in [-0.05, 0) is 12.1 Å². The van der Waals surface area contributed by atoms with Crippen molar-refractivity contribution in [1.29, 1.82) is 0 Å². The number of carbonyl (C=O) groups is 1. The molecule has 3 nitrogen and oxygen atoms in total. The Labute approximate surface area is 90.0 Å². The van der Waals surface area contributed by atoms with Crippen molar-refractivity contribution in [3.63, 3.8) is 0 Å². The van der Waals surface area contributed by atoms with Crippen LogP contribution in [0.1, 0.15) is 5.56 Å². The molecule has 0 fully saturated rings. The summed E-state index contributed by atoms with van der Waals surface area (Å²) in [5.41, 5.74) is 4.76. The molecule has 1 atom stereocenters.